The Hall–Kier alpha value is -0.300. The molecular formula is C28H45Br. The van der Waals surface area contributed by atoms with Gasteiger partial charge in [0.15, 0.2) is 0 Å². The van der Waals surface area contributed by atoms with Crippen molar-refractivity contribution in [1.29, 1.82) is 0 Å². The zero-order valence-corrected chi connectivity index (χ0v) is 20.8. The van der Waals surface area contributed by atoms with Crippen LogP contribution in [0.15, 0.2) is 24.3 Å². The van der Waals surface area contributed by atoms with Gasteiger partial charge in [0.25, 0.3) is 0 Å². The monoisotopic (exact) mass is 460 g/mol. The van der Waals surface area contributed by atoms with Gasteiger partial charge in [0.2, 0.25) is 0 Å². The van der Waals surface area contributed by atoms with E-state index in [1.54, 1.807) is 5.56 Å². The zero-order valence-electron chi connectivity index (χ0n) is 19.2. The van der Waals surface area contributed by atoms with E-state index in [2.05, 4.69) is 54.0 Å². The van der Waals surface area contributed by atoms with Gasteiger partial charge >= 0.3 is 0 Å². The Morgan fingerprint density at radius 2 is 1.38 bits per heavy atom. The predicted octanol–water partition coefficient (Wildman–Crippen LogP) is 9.45. The van der Waals surface area contributed by atoms with E-state index in [1.807, 2.05) is 0 Å². The number of rotatable bonds is 10. The van der Waals surface area contributed by atoms with E-state index < -0.39 is 0 Å². The molecule has 0 heterocycles. The van der Waals surface area contributed by atoms with Crippen LogP contribution in [0.3, 0.4) is 0 Å². The molecule has 0 N–H and O–H groups in total. The standard InChI is InChI=1S/C28H45Br/c1-3-5-6-8-23-9-15-25(16-10-23)26-17-13-24(14-18-26)21-28(29)27-19-11-22(7-4-2)12-20-27/h13-14,17-18,22-23,25,27-28H,3-12,15-16,19-21H2,1-2H3/t22-,23-,25-,27-,28?. The van der Waals surface area contributed by atoms with Crippen LogP contribution < -0.4 is 0 Å². The maximum atomic E-state index is 4.06. The number of hydrogen-bond donors (Lipinski definition) is 0. The first-order valence-electron chi connectivity index (χ1n) is 12.9. The average molecular weight is 462 g/mol. The minimum absolute atomic E-state index is 0.662. The molecule has 29 heavy (non-hydrogen) atoms. The molecule has 2 saturated carbocycles. The first kappa shape index (κ1) is 23.4. The summed E-state index contributed by atoms with van der Waals surface area (Å²) in [5, 5.41) is 0. The lowest BCUT2D eigenvalue weighted by molar-refractivity contribution is 0.258. The van der Waals surface area contributed by atoms with Crippen LogP contribution >= 0.6 is 15.9 Å². The van der Waals surface area contributed by atoms with Crippen molar-refractivity contribution in [3.8, 4) is 0 Å². The highest BCUT2D eigenvalue weighted by Gasteiger charge is 2.26. The summed E-state index contributed by atoms with van der Waals surface area (Å²) in [6, 6.07) is 9.77. The van der Waals surface area contributed by atoms with Gasteiger partial charge in [-0.1, -0.05) is 105 Å². The van der Waals surface area contributed by atoms with Gasteiger partial charge in [-0.2, -0.15) is 0 Å². The van der Waals surface area contributed by atoms with Crippen molar-refractivity contribution in [3.05, 3.63) is 35.4 Å². The van der Waals surface area contributed by atoms with Gasteiger partial charge in [-0.15, -0.1) is 0 Å². The van der Waals surface area contributed by atoms with Crippen molar-refractivity contribution in [1.82, 2.24) is 0 Å². The third-order valence-corrected chi connectivity index (χ3v) is 9.12. The van der Waals surface area contributed by atoms with Gasteiger partial charge in [-0.05, 0) is 79.7 Å². The van der Waals surface area contributed by atoms with E-state index >= 15 is 0 Å². The third-order valence-electron chi connectivity index (χ3n) is 8.04. The SMILES string of the molecule is CCCCC[C@H]1CC[C@H](c2ccc(CC(Br)[C@H]3CC[C@H](CCC)CC3)cc2)CC1. The Bertz CT molecular complexity index is 546. The largest absolute Gasteiger partial charge is 0.0884 e. The molecule has 0 bridgehead atoms. The highest BCUT2D eigenvalue weighted by Crippen LogP contribution is 2.39. The molecule has 0 saturated heterocycles. The maximum absolute atomic E-state index is 4.06. The second kappa shape index (κ2) is 12.5. The van der Waals surface area contributed by atoms with Gasteiger partial charge in [0.05, 0.1) is 0 Å². The molecule has 3 rings (SSSR count). The van der Waals surface area contributed by atoms with Crippen LogP contribution in [0.5, 0.6) is 0 Å². The van der Waals surface area contributed by atoms with Crippen molar-refractivity contribution in [3.63, 3.8) is 0 Å². The van der Waals surface area contributed by atoms with Gasteiger partial charge < -0.3 is 0 Å². The fraction of sp³-hybridized carbons (Fsp3) is 0.786. The molecule has 1 aromatic carbocycles. The summed E-state index contributed by atoms with van der Waals surface area (Å²) in [6.07, 6.45) is 21.3. The van der Waals surface area contributed by atoms with E-state index in [0.717, 1.165) is 23.7 Å². The lowest BCUT2D eigenvalue weighted by Crippen LogP contribution is -2.23. The molecule has 0 aliphatic heterocycles. The van der Waals surface area contributed by atoms with Crippen molar-refractivity contribution in [2.24, 2.45) is 17.8 Å². The highest BCUT2D eigenvalue weighted by molar-refractivity contribution is 9.09. The molecule has 0 spiro atoms. The molecule has 0 amide bonds. The van der Waals surface area contributed by atoms with Crippen LogP contribution in [0.2, 0.25) is 0 Å². The van der Waals surface area contributed by atoms with Crippen LogP contribution in [0.1, 0.15) is 121 Å². The molecule has 0 radical (unpaired) electrons. The third kappa shape index (κ3) is 7.41. The Morgan fingerprint density at radius 1 is 0.759 bits per heavy atom. The number of unbranched alkanes of at least 4 members (excludes halogenated alkanes) is 2. The predicted molar refractivity (Wildman–Crippen MR) is 132 cm³/mol. The van der Waals surface area contributed by atoms with Crippen LogP contribution in [0.4, 0.5) is 0 Å². The molecule has 164 valence electrons. The average Bonchev–Trinajstić information content (AvgIpc) is 2.76. The lowest BCUT2D eigenvalue weighted by atomic mass is 9.76. The van der Waals surface area contributed by atoms with Crippen LogP contribution in [0, 0.1) is 17.8 Å². The highest BCUT2D eigenvalue weighted by atomic mass is 79.9. The van der Waals surface area contributed by atoms with Crippen molar-refractivity contribution < 1.29 is 0 Å². The summed E-state index contributed by atoms with van der Waals surface area (Å²) in [6.45, 7) is 4.65. The molecule has 2 aliphatic rings. The molecule has 1 heteroatoms. The van der Waals surface area contributed by atoms with E-state index in [4.69, 9.17) is 0 Å². The molecule has 0 nitrogen and oxygen atoms in total. The fourth-order valence-electron chi connectivity index (χ4n) is 6.03. The number of benzene rings is 1. The molecule has 2 fully saturated rings. The van der Waals surface area contributed by atoms with Crippen LogP contribution in [0.25, 0.3) is 0 Å². The van der Waals surface area contributed by atoms with E-state index in [1.165, 1.54) is 102 Å². The zero-order chi connectivity index (χ0) is 20.5. The molecule has 1 atom stereocenters. The first-order chi connectivity index (χ1) is 14.2. The van der Waals surface area contributed by atoms with Gasteiger partial charge in [0.1, 0.15) is 0 Å². The normalized spacial score (nSPS) is 28.9. The van der Waals surface area contributed by atoms with Gasteiger partial charge in [-0.25, -0.2) is 0 Å². The van der Waals surface area contributed by atoms with Gasteiger partial charge in [0, 0.05) is 4.83 Å². The molecule has 1 unspecified atom stereocenters. The lowest BCUT2D eigenvalue weighted by Gasteiger charge is -2.31. The summed E-state index contributed by atoms with van der Waals surface area (Å²) in [7, 11) is 0. The summed E-state index contributed by atoms with van der Waals surface area (Å²) >= 11 is 4.06. The summed E-state index contributed by atoms with van der Waals surface area (Å²) in [4.78, 5) is 0.662. The Balaban J connectivity index is 1.41. The second-order valence-electron chi connectivity index (χ2n) is 10.2. The minimum Gasteiger partial charge on any atom is -0.0884 e. The summed E-state index contributed by atoms with van der Waals surface area (Å²) < 4.78 is 0. The first-order valence-corrected chi connectivity index (χ1v) is 13.8. The number of halogens is 1. The number of hydrogen-bond acceptors (Lipinski definition) is 0. The number of alkyl halides is 1. The Labute approximate surface area is 189 Å². The van der Waals surface area contributed by atoms with Crippen molar-refractivity contribution in [2.45, 2.75) is 121 Å². The Morgan fingerprint density at radius 3 is 2.00 bits per heavy atom. The molecule has 2 aliphatic carbocycles. The summed E-state index contributed by atoms with van der Waals surface area (Å²) in [5.41, 5.74) is 3.13. The molecular weight excluding hydrogens is 416 g/mol. The minimum atomic E-state index is 0.662. The van der Waals surface area contributed by atoms with E-state index in [9.17, 15) is 0 Å². The van der Waals surface area contributed by atoms with Gasteiger partial charge in [-0.3, -0.25) is 0 Å². The Kier molecular flexibility index (Phi) is 10.1. The topological polar surface area (TPSA) is 0 Å². The second-order valence-corrected chi connectivity index (χ2v) is 11.4. The fourth-order valence-corrected chi connectivity index (χ4v) is 6.93. The van der Waals surface area contributed by atoms with Crippen molar-refractivity contribution in [2.75, 3.05) is 0 Å². The quantitative estimate of drug-likeness (QED) is 0.240. The summed E-state index contributed by atoms with van der Waals surface area (Å²) in [5.74, 6) is 3.72. The smallest absolute Gasteiger partial charge is 0.0214 e. The van der Waals surface area contributed by atoms with E-state index in [0.29, 0.717) is 4.83 Å². The van der Waals surface area contributed by atoms with E-state index in [-0.39, 0.29) is 0 Å². The molecule has 1 aromatic rings. The molecule has 0 aromatic heterocycles. The van der Waals surface area contributed by atoms with Crippen LogP contribution in [-0.2, 0) is 6.42 Å². The van der Waals surface area contributed by atoms with Crippen LogP contribution in [-0.4, -0.2) is 4.83 Å². The van der Waals surface area contributed by atoms with Crippen molar-refractivity contribution >= 4 is 15.9 Å². The maximum Gasteiger partial charge on any atom is 0.0214 e.